The fraction of sp³-hybridized carbons (Fsp3) is 0.522. The van der Waals surface area contributed by atoms with Gasteiger partial charge in [0.25, 0.3) is 0 Å². The van der Waals surface area contributed by atoms with Crippen LogP contribution in [-0.4, -0.2) is 56.3 Å². The summed E-state index contributed by atoms with van der Waals surface area (Å²) >= 11 is 1.77. The van der Waals surface area contributed by atoms with Crippen LogP contribution in [0.4, 0.5) is 0 Å². The Bertz CT molecular complexity index is 780. The number of ether oxygens (including phenoxy) is 2. The van der Waals surface area contributed by atoms with Gasteiger partial charge in [0, 0.05) is 38.3 Å². The van der Waals surface area contributed by atoms with E-state index in [9.17, 15) is 0 Å². The van der Waals surface area contributed by atoms with Crippen LogP contribution in [0.3, 0.4) is 0 Å². The lowest BCUT2D eigenvalue weighted by Gasteiger charge is -2.33. The molecule has 6 nitrogen and oxygen atoms in total. The molecule has 0 bridgehead atoms. The number of halogens is 1. The van der Waals surface area contributed by atoms with Crippen LogP contribution < -0.4 is 20.1 Å². The molecule has 0 amide bonds. The first-order valence-electron chi connectivity index (χ1n) is 10.7. The lowest BCUT2D eigenvalue weighted by atomic mass is 10.0. The maximum atomic E-state index is 5.99. The molecule has 1 saturated heterocycles. The minimum absolute atomic E-state index is 0. The van der Waals surface area contributed by atoms with Crippen LogP contribution in [0, 0.1) is 0 Å². The fourth-order valence-corrected chi connectivity index (χ4v) is 4.21. The van der Waals surface area contributed by atoms with E-state index >= 15 is 0 Å². The third-order valence-corrected chi connectivity index (χ3v) is 5.88. The number of guanidine groups is 1. The highest BCUT2D eigenvalue weighted by Gasteiger charge is 2.20. The van der Waals surface area contributed by atoms with Crippen LogP contribution in [-0.2, 0) is 6.54 Å². The lowest BCUT2D eigenvalue weighted by molar-refractivity contribution is 0.198. The van der Waals surface area contributed by atoms with E-state index in [1.807, 2.05) is 31.2 Å². The van der Waals surface area contributed by atoms with E-state index in [2.05, 4.69) is 39.3 Å². The smallest absolute Gasteiger partial charge is 0.191 e. The summed E-state index contributed by atoms with van der Waals surface area (Å²) in [6.45, 7) is 8.85. The molecule has 1 aromatic carbocycles. The molecule has 0 radical (unpaired) electrons. The van der Waals surface area contributed by atoms with E-state index in [0.29, 0.717) is 12.6 Å². The molecule has 8 heteroatoms. The maximum absolute atomic E-state index is 5.99. The van der Waals surface area contributed by atoms with Crippen LogP contribution in [0.1, 0.15) is 32.3 Å². The number of nitrogens with zero attached hydrogens (tertiary/aromatic N) is 2. The first kappa shape index (κ1) is 25.7. The minimum atomic E-state index is -0.0278. The quantitative estimate of drug-likeness (QED) is 0.272. The largest absolute Gasteiger partial charge is 0.497 e. The summed E-state index contributed by atoms with van der Waals surface area (Å²) in [7, 11) is 1.66. The van der Waals surface area contributed by atoms with E-state index in [1.165, 1.54) is 5.56 Å². The summed E-state index contributed by atoms with van der Waals surface area (Å²) < 4.78 is 11.2. The Labute approximate surface area is 207 Å². The Morgan fingerprint density at radius 1 is 1.26 bits per heavy atom. The van der Waals surface area contributed by atoms with Gasteiger partial charge < -0.3 is 20.1 Å². The molecule has 0 aliphatic carbocycles. The molecule has 1 aliphatic rings. The monoisotopic (exact) mass is 558 g/mol. The first-order valence-corrected chi connectivity index (χ1v) is 11.7. The van der Waals surface area contributed by atoms with Crippen molar-refractivity contribution in [1.29, 1.82) is 0 Å². The van der Waals surface area contributed by atoms with Crippen molar-refractivity contribution < 1.29 is 9.47 Å². The van der Waals surface area contributed by atoms with E-state index in [1.54, 1.807) is 18.4 Å². The minimum Gasteiger partial charge on any atom is -0.497 e. The molecule has 2 N–H and O–H groups in total. The number of thiophene rings is 1. The van der Waals surface area contributed by atoms with Gasteiger partial charge in [-0.05, 0) is 61.2 Å². The molecule has 31 heavy (non-hydrogen) atoms. The molecule has 1 unspecified atom stereocenters. The second-order valence-corrected chi connectivity index (χ2v) is 8.43. The van der Waals surface area contributed by atoms with Gasteiger partial charge in [-0.2, -0.15) is 11.3 Å². The van der Waals surface area contributed by atoms with E-state index < -0.39 is 0 Å². The molecule has 1 fully saturated rings. The van der Waals surface area contributed by atoms with Gasteiger partial charge in [-0.15, -0.1) is 24.0 Å². The third kappa shape index (κ3) is 8.86. The summed E-state index contributed by atoms with van der Waals surface area (Å²) in [5.41, 5.74) is 1.42. The number of aliphatic imine (C=N–C) groups is 1. The van der Waals surface area contributed by atoms with Crippen molar-refractivity contribution in [2.75, 3.05) is 33.3 Å². The summed E-state index contributed by atoms with van der Waals surface area (Å²) in [4.78, 5) is 7.29. The van der Waals surface area contributed by atoms with E-state index in [0.717, 1.165) is 56.5 Å². The molecular formula is C23H35IN4O2S. The van der Waals surface area contributed by atoms with Crippen molar-refractivity contribution in [3.05, 3.63) is 46.7 Å². The topological polar surface area (TPSA) is 58.1 Å². The normalized spacial score (nSPS) is 16.3. The second-order valence-electron chi connectivity index (χ2n) is 7.65. The van der Waals surface area contributed by atoms with Gasteiger partial charge in [0.1, 0.15) is 17.6 Å². The molecule has 1 aliphatic heterocycles. The summed E-state index contributed by atoms with van der Waals surface area (Å²) in [5, 5.41) is 11.4. The highest BCUT2D eigenvalue weighted by molar-refractivity contribution is 14.0. The number of rotatable bonds is 9. The Kier molecular flexibility index (Phi) is 11.5. The number of methoxy groups -OCH3 is 1. The zero-order valence-electron chi connectivity index (χ0n) is 18.7. The van der Waals surface area contributed by atoms with Crippen molar-refractivity contribution in [3.8, 4) is 11.5 Å². The standard InChI is InChI=1S/C23H34N4O2S.HI/c1-4-24-23(25-15-18(2)29-22-7-5-6-21(14-22)28-3)26-20-8-11-27(12-9-20)16-19-10-13-30-17-19;/h5-7,10,13-14,17-18,20H,4,8-9,11-12,15-16H2,1-3H3,(H2,24,25,26);1H. The second kappa shape index (κ2) is 13.8. The van der Waals surface area contributed by atoms with E-state index in [-0.39, 0.29) is 30.1 Å². The maximum Gasteiger partial charge on any atom is 0.191 e. The van der Waals surface area contributed by atoms with Gasteiger partial charge >= 0.3 is 0 Å². The number of hydrogen-bond donors (Lipinski definition) is 2. The molecule has 0 spiro atoms. The number of benzene rings is 1. The zero-order valence-corrected chi connectivity index (χ0v) is 21.8. The predicted octanol–water partition coefficient (Wildman–Crippen LogP) is 4.36. The Morgan fingerprint density at radius 3 is 2.71 bits per heavy atom. The Morgan fingerprint density at radius 2 is 2.03 bits per heavy atom. The van der Waals surface area contributed by atoms with Gasteiger partial charge in [0.15, 0.2) is 5.96 Å². The van der Waals surface area contributed by atoms with Crippen LogP contribution in [0.25, 0.3) is 0 Å². The van der Waals surface area contributed by atoms with Gasteiger partial charge in [0.05, 0.1) is 13.7 Å². The van der Waals surface area contributed by atoms with Crippen molar-refractivity contribution in [1.82, 2.24) is 15.5 Å². The molecule has 2 aromatic rings. The van der Waals surface area contributed by atoms with E-state index in [4.69, 9.17) is 14.5 Å². The Balaban J connectivity index is 0.00000341. The SMILES string of the molecule is CCNC(=NCC(C)Oc1cccc(OC)c1)NC1CCN(Cc2ccsc2)CC1.I. The summed E-state index contributed by atoms with van der Waals surface area (Å²) in [6.07, 6.45) is 2.23. The number of likely N-dealkylation sites (tertiary alicyclic amines) is 1. The molecule has 0 saturated carbocycles. The highest BCUT2D eigenvalue weighted by atomic mass is 127. The fourth-order valence-electron chi connectivity index (χ4n) is 3.55. The van der Waals surface area contributed by atoms with Crippen molar-refractivity contribution in [2.24, 2.45) is 4.99 Å². The van der Waals surface area contributed by atoms with Gasteiger partial charge in [-0.25, -0.2) is 4.99 Å². The van der Waals surface area contributed by atoms with Crippen LogP contribution in [0.5, 0.6) is 11.5 Å². The van der Waals surface area contributed by atoms with Gasteiger partial charge in [0.2, 0.25) is 0 Å². The zero-order chi connectivity index (χ0) is 21.2. The van der Waals surface area contributed by atoms with Crippen molar-refractivity contribution in [2.45, 2.75) is 45.4 Å². The summed E-state index contributed by atoms with van der Waals surface area (Å²) in [5.74, 6) is 2.46. The first-order chi connectivity index (χ1) is 14.7. The van der Waals surface area contributed by atoms with Crippen molar-refractivity contribution >= 4 is 41.3 Å². The molecular weight excluding hydrogens is 523 g/mol. The third-order valence-electron chi connectivity index (χ3n) is 5.14. The van der Waals surface area contributed by atoms with Crippen LogP contribution >= 0.6 is 35.3 Å². The molecule has 172 valence electrons. The average molecular weight is 559 g/mol. The summed E-state index contributed by atoms with van der Waals surface area (Å²) in [6, 6.07) is 10.4. The highest BCUT2D eigenvalue weighted by Crippen LogP contribution is 2.20. The predicted molar refractivity (Wildman–Crippen MR) is 140 cm³/mol. The number of piperidine rings is 1. The molecule has 1 aromatic heterocycles. The van der Waals surface area contributed by atoms with Gasteiger partial charge in [-0.1, -0.05) is 6.07 Å². The van der Waals surface area contributed by atoms with Crippen LogP contribution in [0.15, 0.2) is 46.1 Å². The molecule has 3 rings (SSSR count). The molecule has 1 atom stereocenters. The van der Waals surface area contributed by atoms with Crippen molar-refractivity contribution in [3.63, 3.8) is 0 Å². The Hall–Kier alpha value is -1.52. The number of nitrogens with one attached hydrogen (secondary N) is 2. The lowest BCUT2D eigenvalue weighted by Crippen LogP contribution is -2.48. The van der Waals surface area contributed by atoms with Crippen LogP contribution in [0.2, 0.25) is 0 Å². The number of hydrogen-bond acceptors (Lipinski definition) is 5. The average Bonchev–Trinajstić information content (AvgIpc) is 3.27. The van der Waals surface area contributed by atoms with Gasteiger partial charge in [-0.3, -0.25) is 4.90 Å². The molecule has 2 heterocycles.